The predicted molar refractivity (Wildman–Crippen MR) is 100 cm³/mol. The Bertz CT molecular complexity index is 1110. The van der Waals surface area contributed by atoms with Gasteiger partial charge in [0.1, 0.15) is 0 Å². The van der Waals surface area contributed by atoms with Gasteiger partial charge >= 0.3 is 6.18 Å². The summed E-state index contributed by atoms with van der Waals surface area (Å²) in [4.78, 5) is 1.14. The first-order chi connectivity index (χ1) is 13.4. The summed E-state index contributed by atoms with van der Waals surface area (Å²) in [5, 5.41) is 5.05. The number of benzene rings is 2. The van der Waals surface area contributed by atoms with Gasteiger partial charge in [0.05, 0.1) is 15.4 Å². The van der Waals surface area contributed by atoms with Gasteiger partial charge in [0, 0.05) is 31.9 Å². The Morgan fingerprint density at radius 3 is 2.00 bits per heavy atom. The Balaban J connectivity index is 1.77. The zero-order valence-electron chi connectivity index (χ0n) is 15.0. The Morgan fingerprint density at radius 1 is 0.828 bits per heavy atom. The molecule has 0 bridgehead atoms. The average Bonchev–Trinajstić information content (AvgIpc) is 2.67. The Morgan fingerprint density at radius 2 is 1.41 bits per heavy atom. The van der Waals surface area contributed by atoms with E-state index in [1.165, 1.54) is 34.6 Å². The van der Waals surface area contributed by atoms with E-state index in [1.54, 1.807) is 4.90 Å². The van der Waals surface area contributed by atoms with Crippen LogP contribution >= 0.6 is 0 Å². The molecule has 0 unspecified atom stereocenters. The first kappa shape index (κ1) is 21.6. The fourth-order valence-electron chi connectivity index (χ4n) is 3.03. The van der Waals surface area contributed by atoms with E-state index in [4.69, 9.17) is 5.14 Å². The standard InChI is InChI=1S/C17H18F3N3O4S2/c18-17(19,20)13-3-1-4-14(11-13)22-7-9-23(10-8-22)29(26,27)16-6-2-5-15(12-16)28(21,24)25/h1-6,11-12H,7-10H2,(H2,21,24,25). The highest BCUT2D eigenvalue weighted by molar-refractivity contribution is 7.90. The van der Waals surface area contributed by atoms with Crippen LogP contribution in [-0.4, -0.2) is 47.3 Å². The molecule has 1 aliphatic heterocycles. The van der Waals surface area contributed by atoms with E-state index in [0.717, 1.165) is 18.2 Å². The molecule has 3 rings (SSSR count). The zero-order valence-corrected chi connectivity index (χ0v) is 16.6. The lowest BCUT2D eigenvalue weighted by Crippen LogP contribution is -2.48. The largest absolute Gasteiger partial charge is 0.416 e. The number of piperazine rings is 1. The van der Waals surface area contributed by atoms with E-state index in [1.807, 2.05) is 0 Å². The third kappa shape index (κ3) is 4.71. The molecule has 0 spiro atoms. The maximum absolute atomic E-state index is 12.9. The van der Waals surface area contributed by atoms with Crippen molar-refractivity contribution in [3.8, 4) is 0 Å². The van der Waals surface area contributed by atoms with E-state index < -0.39 is 31.8 Å². The number of anilines is 1. The van der Waals surface area contributed by atoms with Crippen LogP contribution in [0, 0.1) is 0 Å². The fraction of sp³-hybridized carbons (Fsp3) is 0.294. The topological polar surface area (TPSA) is 101 Å². The summed E-state index contributed by atoms with van der Waals surface area (Å²) < 4.78 is 88.4. The molecule has 1 fully saturated rings. The number of alkyl halides is 3. The second-order valence-corrected chi connectivity index (χ2v) is 9.96. The number of sulfonamides is 2. The maximum atomic E-state index is 12.9. The Hall–Kier alpha value is -2.15. The monoisotopic (exact) mass is 449 g/mol. The van der Waals surface area contributed by atoms with Gasteiger partial charge in [-0.2, -0.15) is 17.5 Å². The van der Waals surface area contributed by atoms with Gasteiger partial charge in [-0.1, -0.05) is 12.1 Å². The minimum atomic E-state index is -4.46. The molecular formula is C17H18F3N3O4S2. The number of rotatable bonds is 4. The molecule has 12 heteroatoms. The van der Waals surface area contributed by atoms with Gasteiger partial charge in [0.25, 0.3) is 0 Å². The van der Waals surface area contributed by atoms with Crippen molar-refractivity contribution in [1.29, 1.82) is 0 Å². The highest BCUT2D eigenvalue weighted by Crippen LogP contribution is 2.32. The SMILES string of the molecule is NS(=O)(=O)c1cccc(S(=O)(=O)N2CCN(c3cccc(C(F)(F)F)c3)CC2)c1. The Labute approximate surface area is 166 Å². The molecule has 7 nitrogen and oxygen atoms in total. The third-order valence-electron chi connectivity index (χ3n) is 4.55. The average molecular weight is 449 g/mol. The number of hydrogen-bond acceptors (Lipinski definition) is 5. The van der Waals surface area contributed by atoms with Crippen LogP contribution in [0.1, 0.15) is 5.56 Å². The summed E-state index contributed by atoms with van der Waals surface area (Å²) in [6, 6.07) is 9.58. The molecule has 2 aromatic rings. The summed E-state index contributed by atoms with van der Waals surface area (Å²) in [6.07, 6.45) is -4.46. The number of nitrogens with zero attached hydrogens (tertiary/aromatic N) is 2. The number of hydrogen-bond donors (Lipinski definition) is 1. The lowest BCUT2D eigenvalue weighted by molar-refractivity contribution is -0.137. The lowest BCUT2D eigenvalue weighted by atomic mass is 10.1. The van der Waals surface area contributed by atoms with Gasteiger partial charge < -0.3 is 4.90 Å². The molecule has 1 saturated heterocycles. The van der Waals surface area contributed by atoms with Crippen molar-refractivity contribution in [2.45, 2.75) is 16.0 Å². The lowest BCUT2D eigenvalue weighted by Gasteiger charge is -2.35. The Kier molecular flexibility index (Phi) is 5.64. The van der Waals surface area contributed by atoms with E-state index in [9.17, 15) is 30.0 Å². The second-order valence-electron chi connectivity index (χ2n) is 6.46. The van der Waals surface area contributed by atoms with Crippen molar-refractivity contribution in [1.82, 2.24) is 4.31 Å². The van der Waals surface area contributed by atoms with Crippen LogP contribution < -0.4 is 10.0 Å². The van der Waals surface area contributed by atoms with Crippen LogP contribution in [0.2, 0.25) is 0 Å². The first-order valence-electron chi connectivity index (χ1n) is 8.44. The van der Waals surface area contributed by atoms with Gasteiger partial charge in [-0.25, -0.2) is 22.0 Å². The van der Waals surface area contributed by atoms with E-state index >= 15 is 0 Å². The summed E-state index contributed by atoms with van der Waals surface area (Å²) in [7, 11) is -8.04. The van der Waals surface area contributed by atoms with Gasteiger partial charge in [-0.3, -0.25) is 0 Å². The molecule has 0 amide bonds. The quantitative estimate of drug-likeness (QED) is 0.768. The first-order valence-corrected chi connectivity index (χ1v) is 11.4. The smallest absolute Gasteiger partial charge is 0.369 e. The van der Waals surface area contributed by atoms with Crippen molar-refractivity contribution >= 4 is 25.7 Å². The van der Waals surface area contributed by atoms with Crippen LogP contribution in [0.25, 0.3) is 0 Å². The minimum Gasteiger partial charge on any atom is -0.369 e. The minimum absolute atomic E-state index is 0.0399. The van der Waals surface area contributed by atoms with Crippen molar-refractivity contribution in [3.63, 3.8) is 0 Å². The van der Waals surface area contributed by atoms with E-state index in [0.29, 0.717) is 5.69 Å². The van der Waals surface area contributed by atoms with Gasteiger partial charge in [-0.05, 0) is 36.4 Å². The van der Waals surface area contributed by atoms with Crippen molar-refractivity contribution in [2.75, 3.05) is 31.1 Å². The molecule has 0 aromatic heterocycles. The third-order valence-corrected chi connectivity index (χ3v) is 7.35. The van der Waals surface area contributed by atoms with Gasteiger partial charge in [0.2, 0.25) is 20.0 Å². The molecule has 0 saturated carbocycles. The molecule has 158 valence electrons. The molecular weight excluding hydrogens is 431 g/mol. The molecule has 0 radical (unpaired) electrons. The molecule has 29 heavy (non-hydrogen) atoms. The molecule has 2 N–H and O–H groups in total. The normalized spacial score (nSPS) is 16.8. The van der Waals surface area contributed by atoms with Gasteiger partial charge in [0.15, 0.2) is 0 Å². The van der Waals surface area contributed by atoms with Crippen molar-refractivity contribution in [2.24, 2.45) is 5.14 Å². The second kappa shape index (κ2) is 7.59. The molecule has 0 aliphatic carbocycles. The predicted octanol–water partition coefficient (Wildman–Crippen LogP) is 1.86. The summed E-state index contributed by atoms with van der Waals surface area (Å²) in [5.74, 6) is 0. The highest BCUT2D eigenvalue weighted by atomic mass is 32.2. The van der Waals surface area contributed by atoms with Gasteiger partial charge in [-0.15, -0.1) is 0 Å². The van der Waals surface area contributed by atoms with Crippen LogP contribution in [0.15, 0.2) is 58.3 Å². The number of nitrogens with two attached hydrogens (primary N) is 1. The van der Waals surface area contributed by atoms with E-state index in [-0.39, 0.29) is 36.0 Å². The van der Waals surface area contributed by atoms with Crippen LogP contribution in [0.3, 0.4) is 0 Å². The van der Waals surface area contributed by atoms with E-state index in [2.05, 4.69) is 0 Å². The van der Waals surface area contributed by atoms with Crippen LogP contribution in [0.4, 0.5) is 18.9 Å². The summed E-state index contributed by atoms with van der Waals surface area (Å²) >= 11 is 0. The fourth-order valence-corrected chi connectivity index (χ4v) is 5.13. The number of halogens is 3. The van der Waals surface area contributed by atoms with Crippen LogP contribution in [0.5, 0.6) is 0 Å². The molecule has 1 aliphatic rings. The number of primary sulfonamides is 1. The van der Waals surface area contributed by atoms with Crippen LogP contribution in [-0.2, 0) is 26.2 Å². The molecule has 0 atom stereocenters. The summed E-state index contributed by atoms with van der Waals surface area (Å²) in [5.41, 5.74) is -0.419. The zero-order chi connectivity index (χ0) is 21.4. The van der Waals surface area contributed by atoms with Crippen molar-refractivity contribution in [3.05, 3.63) is 54.1 Å². The molecule has 2 aromatic carbocycles. The maximum Gasteiger partial charge on any atom is 0.416 e. The molecule has 1 heterocycles. The van der Waals surface area contributed by atoms with Crippen molar-refractivity contribution < 1.29 is 30.0 Å². The summed E-state index contributed by atoms with van der Waals surface area (Å²) in [6.45, 7) is 0.460. The highest BCUT2D eigenvalue weighted by Gasteiger charge is 2.32.